The minimum absolute atomic E-state index is 0.0336. The number of carbonyl (C=O) groups excluding carboxylic acids is 2. The maximum atomic E-state index is 12.4. The normalized spacial score (nSPS) is 13.7. The predicted molar refractivity (Wildman–Crippen MR) is 116 cm³/mol. The molecule has 160 valence electrons. The molecular formula is C24H29NO5. The van der Waals surface area contributed by atoms with Crippen LogP contribution in [0.4, 0.5) is 5.69 Å². The molecule has 0 bridgehead atoms. The first-order valence-corrected chi connectivity index (χ1v) is 10.4. The molecule has 6 heteroatoms. The van der Waals surface area contributed by atoms with E-state index < -0.39 is 0 Å². The van der Waals surface area contributed by atoms with Crippen LogP contribution in [-0.4, -0.2) is 31.5 Å². The third-order valence-corrected chi connectivity index (χ3v) is 5.13. The summed E-state index contributed by atoms with van der Waals surface area (Å²) in [6.07, 6.45) is 5.64. The molecule has 0 radical (unpaired) electrons. The molecule has 1 aliphatic rings. The van der Waals surface area contributed by atoms with Gasteiger partial charge in [-0.15, -0.1) is 0 Å². The first kappa shape index (κ1) is 21.7. The second kappa shape index (κ2) is 10.7. The van der Waals surface area contributed by atoms with Gasteiger partial charge in [0, 0.05) is 12.0 Å². The molecule has 2 aromatic rings. The Morgan fingerprint density at radius 2 is 1.80 bits per heavy atom. The van der Waals surface area contributed by atoms with Crippen LogP contribution in [0, 0.1) is 0 Å². The number of methoxy groups -OCH3 is 1. The van der Waals surface area contributed by atoms with E-state index in [1.54, 1.807) is 18.2 Å². The number of hydrogen-bond donors (Lipinski definition) is 1. The summed E-state index contributed by atoms with van der Waals surface area (Å²) in [4.78, 5) is 23.9. The SMILES string of the molecule is COc1cc(C(C)=O)ccc1OCCCC(=O)Nc1ccccc1OC1CCCC1. The molecule has 0 heterocycles. The number of nitrogens with one attached hydrogen (secondary N) is 1. The summed E-state index contributed by atoms with van der Waals surface area (Å²) >= 11 is 0. The third kappa shape index (κ3) is 5.99. The number of para-hydroxylation sites is 2. The molecule has 1 N–H and O–H groups in total. The third-order valence-electron chi connectivity index (χ3n) is 5.13. The molecule has 0 aliphatic heterocycles. The minimum atomic E-state index is -0.0834. The van der Waals surface area contributed by atoms with Crippen molar-refractivity contribution < 1.29 is 23.8 Å². The summed E-state index contributed by atoms with van der Waals surface area (Å²) in [7, 11) is 1.53. The molecule has 0 spiro atoms. The van der Waals surface area contributed by atoms with Crippen molar-refractivity contribution in [3.63, 3.8) is 0 Å². The maximum Gasteiger partial charge on any atom is 0.224 e. The highest BCUT2D eigenvalue weighted by molar-refractivity contribution is 5.94. The van der Waals surface area contributed by atoms with Crippen LogP contribution in [0.15, 0.2) is 42.5 Å². The molecule has 1 aliphatic carbocycles. The van der Waals surface area contributed by atoms with Crippen molar-refractivity contribution in [3.05, 3.63) is 48.0 Å². The zero-order valence-corrected chi connectivity index (χ0v) is 17.6. The number of rotatable bonds is 10. The second-order valence-electron chi connectivity index (χ2n) is 7.44. The highest BCUT2D eigenvalue weighted by Gasteiger charge is 2.18. The van der Waals surface area contributed by atoms with E-state index in [4.69, 9.17) is 14.2 Å². The topological polar surface area (TPSA) is 73.9 Å². The van der Waals surface area contributed by atoms with Crippen LogP contribution in [0.2, 0.25) is 0 Å². The number of anilines is 1. The van der Waals surface area contributed by atoms with Crippen molar-refractivity contribution in [2.75, 3.05) is 19.0 Å². The van der Waals surface area contributed by atoms with E-state index in [1.807, 2.05) is 24.3 Å². The predicted octanol–water partition coefficient (Wildman–Crippen LogP) is 5.02. The second-order valence-corrected chi connectivity index (χ2v) is 7.44. The Hall–Kier alpha value is -3.02. The van der Waals surface area contributed by atoms with Crippen molar-refractivity contribution in [2.24, 2.45) is 0 Å². The molecule has 0 aromatic heterocycles. The Morgan fingerprint density at radius 3 is 2.53 bits per heavy atom. The highest BCUT2D eigenvalue weighted by atomic mass is 16.5. The molecule has 1 fully saturated rings. The number of Topliss-reactive ketones (excluding diaryl/α,β-unsaturated/α-hetero) is 1. The van der Waals surface area contributed by atoms with E-state index in [-0.39, 0.29) is 17.8 Å². The summed E-state index contributed by atoms with van der Waals surface area (Å²) < 4.78 is 17.1. The lowest BCUT2D eigenvalue weighted by molar-refractivity contribution is -0.116. The van der Waals surface area contributed by atoms with Gasteiger partial charge >= 0.3 is 0 Å². The van der Waals surface area contributed by atoms with Crippen LogP contribution in [0.25, 0.3) is 0 Å². The summed E-state index contributed by atoms with van der Waals surface area (Å²) in [5, 5.41) is 2.94. The Kier molecular flexibility index (Phi) is 7.71. The summed E-state index contributed by atoms with van der Waals surface area (Å²) in [6, 6.07) is 12.6. The maximum absolute atomic E-state index is 12.4. The average molecular weight is 411 g/mol. The van der Waals surface area contributed by atoms with Gasteiger partial charge in [-0.05, 0) is 69.4 Å². The number of hydrogen-bond acceptors (Lipinski definition) is 5. The van der Waals surface area contributed by atoms with Gasteiger partial charge in [0.15, 0.2) is 17.3 Å². The molecule has 0 saturated heterocycles. The van der Waals surface area contributed by atoms with Gasteiger partial charge in [0.25, 0.3) is 0 Å². The van der Waals surface area contributed by atoms with Crippen molar-refractivity contribution >= 4 is 17.4 Å². The molecule has 30 heavy (non-hydrogen) atoms. The summed E-state index contributed by atoms with van der Waals surface area (Å²) in [6.45, 7) is 1.87. The molecule has 0 atom stereocenters. The van der Waals surface area contributed by atoms with Crippen LogP contribution >= 0.6 is 0 Å². The van der Waals surface area contributed by atoms with Crippen molar-refractivity contribution in [2.45, 2.75) is 51.6 Å². The zero-order valence-electron chi connectivity index (χ0n) is 17.6. The van der Waals surface area contributed by atoms with Gasteiger partial charge in [0.05, 0.1) is 25.5 Å². The Balaban J connectivity index is 1.47. The van der Waals surface area contributed by atoms with E-state index in [2.05, 4.69) is 5.32 Å². The largest absolute Gasteiger partial charge is 0.493 e. The first-order valence-electron chi connectivity index (χ1n) is 10.4. The quantitative estimate of drug-likeness (QED) is 0.439. The van der Waals surface area contributed by atoms with E-state index >= 15 is 0 Å². The van der Waals surface area contributed by atoms with Crippen molar-refractivity contribution in [1.82, 2.24) is 0 Å². The number of benzene rings is 2. The fourth-order valence-corrected chi connectivity index (χ4v) is 3.49. The Bertz CT molecular complexity index is 874. The van der Waals surface area contributed by atoms with Crippen LogP contribution < -0.4 is 19.5 Å². The lowest BCUT2D eigenvalue weighted by Crippen LogP contribution is -2.16. The van der Waals surface area contributed by atoms with Gasteiger partial charge in [-0.1, -0.05) is 12.1 Å². The number of ketones is 1. The number of ether oxygens (including phenoxy) is 3. The number of carbonyl (C=O) groups is 2. The minimum Gasteiger partial charge on any atom is -0.493 e. The van der Waals surface area contributed by atoms with Gasteiger partial charge in [-0.25, -0.2) is 0 Å². The van der Waals surface area contributed by atoms with Crippen LogP contribution in [-0.2, 0) is 4.79 Å². The zero-order chi connectivity index (χ0) is 21.3. The summed E-state index contributed by atoms with van der Waals surface area (Å²) in [5.74, 6) is 1.67. The smallest absolute Gasteiger partial charge is 0.224 e. The Morgan fingerprint density at radius 1 is 1.03 bits per heavy atom. The Labute approximate surface area is 177 Å². The van der Waals surface area contributed by atoms with Crippen molar-refractivity contribution in [3.8, 4) is 17.2 Å². The van der Waals surface area contributed by atoms with Gasteiger partial charge in [-0.3, -0.25) is 9.59 Å². The molecule has 6 nitrogen and oxygen atoms in total. The molecule has 0 unspecified atom stereocenters. The highest BCUT2D eigenvalue weighted by Crippen LogP contribution is 2.30. The van der Waals surface area contributed by atoms with Crippen molar-refractivity contribution in [1.29, 1.82) is 0 Å². The van der Waals surface area contributed by atoms with Gasteiger partial charge in [0.1, 0.15) is 5.75 Å². The fraction of sp³-hybridized carbons (Fsp3) is 0.417. The van der Waals surface area contributed by atoms with Gasteiger partial charge in [0.2, 0.25) is 5.91 Å². The van der Waals surface area contributed by atoms with E-state index in [0.717, 1.165) is 18.6 Å². The van der Waals surface area contributed by atoms with E-state index in [9.17, 15) is 9.59 Å². The first-order chi connectivity index (χ1) is 14.6. The number of amides is 1. The van der Waals surface area contributed by atoms with Crippen LogP contribution in [0.3, 0.4) is 0 Å². The lowest BCUT2D eigenvalue weighted by atomic mass is 10.1. The van der Waals surface area contributed by atoms with E-state index in [1.165, 1.54) is 26.9 Å². The molecule has 2 aromatic carbocycles. The molecule has 3 rings (SSSR count). The lowest BCUT2D eigenvalue weighted by Gasteiger charge is -2.17. The van der Waals surface area contributed by atoms with Gasteiger partial charge in [-0.2, -0.15) is 0 Å². The standard InChI is InChI=1S/C24H29NO5/c1-17(26)18-13-14-22(23(16-18)28-2)29-15-7-12-24(27)25-20-10-5-6-11-21(20)30-19-8-3-4-9-19/h5-6,10-11,13-14,16,19H,3-4,7-9,12,15H2,1-2H3,(H,25,27). The average Bonchev–Trinajstić information content (AvgIpc) is 3.25. The van der Waals surface area contributed by atoms with Gasteiger partial charge < -0.3 is 19.5 Å². The monoisotopic (exact) mass is 411 g/mol. The van der Waals surface area contributed by atoms with Crippen LogP contribution in [0.1, 0.15) is 55.8 Å². The molecule has 1 saturated carbocycles. The molecule has 1 amide bonds. The van der Waals surface area contributed by atoms with E-state index in [0.29, 0.717) is 42.2 Å². The summed E-state index contributed by atoms with van der Waals surface area (Å²) in [5.41, 5.74) is 1.27. The fourth-order valence-electron chi connectivity index (χ4n) is 3.49. The molecular weight excluding hydrogens is 382 g/mol. The van der Waals surface area contributed by atoms with Crippen LogP contribution in [0.5, 0.6) is 17.2 Å².